The van der Waals surface area contributed by atoms with Gasteiger partial charge in [-0.1, -0.05) is 30.3 Å². The van der Waals surface area contributed by atoms with E-state index in [-0.39, 0.29) is 22.5 Å². The van der Waals surface area contributed by atoms with E-state index in [0.29, 0.717) is 6.54 Å². The van der Waals surface area contributed by atoms with Crippen LogP contribution in [0.25, 0.3) is 0 Å². The number of primary amides is 1. The Hall–Kier alpha value is -2.55. The molecule has 0 bridgehead atoms. The number of aliphatic hydroxyl groups excluding tert-OH is 1. The van der Waals surface area contributed by atoms with Crippen LogP contribution in [0.15, 0.2) is 42.6 Å². The summed E-state index contributed by atoms with van der Waals surface area (Å²) in [6, 6.07) is 11.6. The molecule has 4 N–H and O–H groups in total. The predicted molar refractivity (Wildman–Crippen MR) is 112 cm³/mol. The Balaban J connectivity index is 1.55. The summed E-state index contributed by atoms with van der Waals surface area (Å²) in [5, 5.41) is 13.9. The standard InChI is InChI=1S/C22H28FN5O2/c1-27(2)22(16-6-4-3-5-7-16)10-8-21(9-11-22)14-28(20(30)26-21)19-17(23)12-15(13-25-19)18(24)29/h3-7,12-13,20,26,30H,8-11,14H2,1-2H3,(H2,24,29). The van der Waals surface area contributed by atoms with Crippen molar-refractivity contribution < 1.29 is 14.3 Å². The maximum Gasteiger partial charge on any atom is 0.250 e. The topological polar surface area (TPSA) is 94.7 Å². The third-order valence-corrected chi connectivity index (χ3v) is 6.78. The lowest BCUT2D eigenvalue weighted by atomic mass is 9.69. The van der Waals surface area contributed by atoms with Crippen LogP contribution >= 0.6 is 0 Å². The number of rotatable bonds is 4. The van der Waals surface area contributed by atoms with Gasteiger partial charge in [0.15, 0.2) is 18.0 Å². The number of aliphatic hydroxyl groups is 1. The van der Waals surface area contributed by atoms with Crippen LogP contribution in [-0.4, -0.2) is 53.4 Å². The molecule has 1 aliphatic carbocycles. The van der Waals surface area contributed by atoms with E-state index >= 15 is 0 Å². The van der Waals surface area contributed by atoms with Gasteiger partial charge in [0.2, 0.25) is 5.91 Å². The lowest BCUT2D eigenvalue weighted by Crippen LogP contribution is -2.54. The number of nitrogens with two attached hydrogens (primary N) is 1. The van der Waals surface area contributed by atoms with Crippen LogP contribution in [0.1, 0.15) is 41.6 Å². The highest BCUT2D eigenvalue weighted by Gasteiger charge is 2.50. The van der Waals surface area contributed by atoms with Crippen molar-refractivity contribution >= 4 is 11.7 Å². The van der Waals surface area contributed by atoms with Crippen molar-refractivity contribution in [1.82, 2.24) is 15.2 Å². The molecule has 1 aromatic carbocycles. The molecule has 2 aliphatic rings. The maximum absolute atomic E-state index is 14.6. The predicted octanol–water partition coefficient (Wildman–Crippen LogP) is 1.77. The van der Waals surface area contributed by atoms with Crippen molar-refractivity contribution in [1.29, 1.82) is 0 Å². The molecule has 2 heterocycles. The van der Waals surface area contributed by atoms with Gasteiger partial charge in [0, 0.05) is 23.8 Å². The molecule has 1 saturated heterocycles. The molecule has 1 atom stereocenters. The summed E-state index contributed by atoms with van der Waals surface area (Å²) in [5.74, 6) is -1.39. The first-order chi connectivity index (χ1) is 14.3. The number of halogens is 1. The Morgan fingerprint density at radius 2 is 1.93 bits per heavy atom. The minimum absolute atomic E-state index is 0.00361. The van der Waals surface area contributed by atoms with E-state index in [4.69, 9.17) is 5.73 Å². The number of nitrogens with zero attached hydrogens (tertiary/aromatic N) is 3. The van der Waals surface area contributed by atoms with Crippen LogP contribution in [-0.2, 0) is 5.54 Å². The minimum Gasteiger partial charge on any atom is -0.366 e. The molecule has 1 aliphatic heterocycles. The molecule has 30 heavy (non-hydrogen) atoms. The fraction of sp³-hybridized carbons (Fsp3) is 0.455. The first-order valence-electron chi connectivity index (χ1n) is 10.2. The number of nitrogens with one attached hydrogen (secondary N) is 1. The number of carbonyl (C=O) groups excluding carboxylic acids is 1. The molecule has 4 rings (SSSR count). The lowest BCUT2D eigenvalue weighted by Gasteiger charge is -2.49. The Kier molecular flexibility index (Phi) is 5.25. The van der Waals surface area contributed by atoms with Crippen LogP contribution in [0.5, 0.6) is 0 Å². The van der Waals surface area contributed by atoms with Gasteiger partial charge in [-0.3, -0.25) is 15.0 Å². The third-order valence-electron chi connectivity index (χ3n) is 6.78. The fourth-order valence-electron chi connectivity index (χ4n) is 4.96. The van der Waals surface area contributed by atoms with E-state index in [0.717, 1.165) is 31.7 Å². The quantitative estimate of drug-likeness (QED) is 0.707. The van der Waals surface area contributed by atoms with Gasteiger partial charge in [-0.05, 0) is 51.4 Å². The minimum atomic E-state index is -1.05. The van der Waals surface area contributed by atoms with Gasteiger partial charge < -0.3 is 15.7 Å². The third kappa shape index (κ3) is 3.45. The Morgan fingerprint density at radius 1 is 1.27 bits per heavy atom. The van der Waals surface area contributed by atoms with Crippen LogP contribution in [0.2, 0.25) is 0 Å². The fourth-order valence-corrected chi connectivity index (χ4v) is 4.96. The number of anilines is 1. The second kappa shape index (κ2) is 7.61. The zero-order chi connectivity index (χ0) is 21.5. The lowest BCUT2D eigenvalue weighted by molar-refractivity contribution is 0.0513. The number of aromatic nitrogens is 1. The van der Waals surface area contributed by atoms with E-state index < -0.39 is 18.1 Å². The van der Waals surface area contributed by atoms with Gasteiger partial charge in [-0.25, -0.2) is 9.37 Å². The van der Waals surface area contributed by atoms with Crippen molar-refractivity contribution in [3.8, 4) is 0 Å². The molecule has 7 nitrogen and oxygen atoms in total. The zero-order valence-corrected chi connectivity index (χ0v) is 17.3. The molecule has 1 saturated carbocycles. The van der Waals surface area contributed by atoms with E-state index in [1.165, 1.54) is 16.7 Å². The summed E-state index contributed by atoms with van der Waals surface area (Å²) in [4.78, 5) is 19.1. The van der Waals surface area contributed by atoms with E-state index in [2.05, 4.69) is 53.6 Å². The molecular weight excluding hydrogens is 385 g/mol. The summed E-state index contributed by atoms with van der Waals surface area (Å²) in [6.45, 7) is 0.437. The number of benzene rings is 1. The van der Waals surface area contributed by atoms with Gasteiger partial charge in [-0.2, -0.15) is 0 Å². The molecule has 1 amide bonds. The Morgan fingerprint density at radius 3 is 2.50 bits per heavy atom. The number of amides is 1. The molecule has 0 radical (unpaired) electrons. The summed E-state index contributed by atoms with van der Waals surface area (Å²) in [5.41, 5.74) is 6.09. The van der Waals surface area contributed by atoms with Crippen LogP contribution in [0.3, 0.4) is 0 Å². The highest BCUT2D eigenvalue weighted by Crippen LogP contribution is 2.46. The summed E-state index contributed by atoms with van der Waals surface area (Å²) in [6.07, 6.45) is 3.67. The van der Waals surface area contributed by atoms with Gasteiger partial charge in [-0.15, -0.1) is 0 Å². The smallest absolute Gasteiger partial charge is 0.250 e. The van der Waals surface area contributed by atoms with Crippen molar-refractivity contribution in [3.63, 3.8) is 0 Å². The molecule has 1 unspecified atom stereocenters. The monoisotopic (exact) mass is 413 g/mol. The van der Waals surface area contributed by atoms with Gasteiger partial charge >= 0.3 is 0 Å². The summed E-state index contributed by atoms with van der Waals surface area (Å²) < 4.78 is 14.6. The second-order valence-electron chi connectivity index (χ2n) is 8.61. The number of hydrogen-bond acceptors (Lipinski definition) is 6. The number of hydrogen-bond donors (Lipinski definition) is 3. The van der Waals surface area contributed by atoms with Gasteiger partial charge in [0.05, 0.1) is 5.56 Å². The average molecular weight is 413 g/mol. The molecule has 1 aromatic heterocycles. The summed E-state index contributed by atoms with van der Waals surface area (Å²) >= 11 is 0. The van der Waals surface area contributed by atoms with Crippen LogP contribution < -0.4 is 16.0 Å². The maximum atomic E-state index is 14.6. The molecular formula is C22H28FN5O2. The largest absolute Gasteiger partial charge is 0.366 e. The first-order valence-corrected chi connectivity index (χ1v) is 10.2. The van der Waals surface area contributed by atoms with Crippen LogP contribution in [0.4, 0.5) is 10.2 Å². The van der Waals surface area contributed by atoms with Crippen molar-refractivity contribution in [2.24, 2.45) is 5.73 Å². The average Bonchev–Trinajstić information content (AvgIpc) is 3.04. The highest BCUT2D eigenvalue weighted by molar-refractivity contribution is 5.92. The van der Waals surface area contributed by atoms with Gasteiger partial charge in [0.1, 0.15) is 0 Å². The SMILES string of the molecule is CN(C)C1(c2ccccc2)CCC2(CC1)CN(c1ncc(C(N)=O)cc1F)C(O)N2. The van der Waals surface area contributed by atoms with Gasteiger partial charge in [0.25, 0.3) is 0 Å². The number of pyridine rings is 1. The summed E-state index contributed by atoms with van der Waals surface area (Å²) in [7, 11) is 4.21. The molecule has 1 spiro atoms. The van der Waals surface area contributed by atoms with Crippen molar-refractivity contribution in [2.45, 2.75) is 43.1 Å². The van der Waals surface area contributed by atoms with Crippen molar-refractivity contribution in [3.05, 3.63) is 59.5 Å². The molecule has 160 valence electrons. The van der Waals surface area contributed by atoms with E-state index in [9.17, 15) is 14.3 Å². The van der Waals surface area contributed by atoms with Crippen molar-refractivity contribution in [2.75, 3.05) is 25.5 Å². The number of carbonyl (C=O) groups is 1. The molecule has 2 fully saturated rings. The second-order valence-corrected chi connectivity index (χ2v) is 8.61. The Bertz CT molecular complexity index is 928. The molecule has 2 aromatic rings. The molecule has 8 heteroatoms. The van der Waals surface area contributed by atoms with Crippen LogP contribution in [0, 0.1) is 5.82 Å². The Labute approximate surface area is 175 Å². The van der Waals surface area contributed by atoms with E-state index in [1.54, 1.807) is 0 Å². The highest BCUT2D eigenvalue weighted by atomic mass is 19.1. The zero-order valence-electron chi connectivity index (χ0n) is 17.3. The van der Waals surface area contributed by atoms with E-state index in [1.807, 2.05) is 6.07 Å². The first kappa shape index (κ1) is 20.7. The normalized spacial score (nSPS) is 29.0.